The average Bonchev–Trinajstić information content (AvgIpc) is 1.83. The number of carbonyl (C=O) groups excluding carboxylic acids is 2. The lowest BCUT2D eigenvalue weighted by atomic mass is 10.5. The van der Waals surface area contributed by atoms with Crippen molar-refractivity contribution in [2.75, 3.05) is 5.75 Å². The Morgan fingerprint density at radius 1 is 1.50 bits per heavy atom. The van der Waals surface area contributed by atoms with Gasteiger partial charge in [0.05, 0.1) is 0 Å². The first kappa shape index (κ1) is 7.69. The summed E-state index contributed by atoms with van der Waals surface area (Å²) in [5, 5.41) is -0.444. The molecule has 0 rings (SSSR count). The zero-order chi connectivity index (χ0) is 6.41. The van der Waals surface area contributed by atoms with E-state index in [0.717, 1.165) is 5.75 Å². The molecule has 0 saturated heterocycles. The van der Waals surface area contributed by atoms with Crippen LogP contribution < -0.4 is 0 Å². The topological polar surface area (TPSA) is 34.1 Å². The van der Waals surface area contributed by atoms with E-state index < -0.39 is 5.25 Å². The molecule has 0 aliphatic carbocycles. The number of aldehydes is 2. The maximum Gasteiger partial charge on any atom is 0.140 e. The predicted molar refractivity (Wildman–Crippen MR) is 34.0 cm³/mol. The molecule has 0 aliphatic rings. The van der Waals surface area contributed by atoms with Gasteiger partial charge >= 0.3 is 0 Å². The van der Waals surface area contributed by atoms with Crippen molar-refractivity contribution in [2.24, 2.45) is 0 Å². The second-order valence-electron chi connectivity index (χ2n) is 1.19. The molecule has 0 aromatic carbocycles. The van der Waals surface area contributed by atoms with Gasteiger partial charge in [-0.2, -0.15) is 0 Å². The first-order chi connectivity index (χ1) is 3.85. The molecule has 0 heterocycles. The molecule has 0 saturated carbocycles. The Morgan fingerprint density at radius 2 is 2.00 bits per heavy atom. The van der Waals surface area contributed by atoms with Gasteiger partial charge in [0.15, 0.2) is 0 Å². The van der Waals surface area contributed by atoms with Crippen LogP contribution in [0, 0.1) is 0 Å². The number of hydrogen-bond donors (Lipinski definition) is 0. The van der Waals surface area contributed by atoms with Crippen molar-refractivity contribution in [3.05, 3.63) is 0 Å². The third-order valence-corrected chi connectivity index (χ3v) is 1.57. The molecule has 0 amide bonds. The van der Waals surface area contributed by atoms with Crippen LogP contribution in [0.2, 0.25) is 0 Å². The van der Waals surface area contributed by atoms with E-state index in [0.29, 0.717) is 12.6 Å². The van der Waals surface area contributed by atoms with E-state index in [1.165, 1.54) is 11.8 Å². The molecule has 8 heavy (non-hydrogen) atoms. The van der Waals surface area contributed by atoms with Gasteiger partial charge in [0.1, 0.15) is 17.8 Å². The number of rotatable bonds is 4. The van der Waals surface area contributed by atoms with Crippen molar-refractivity contribution in [2.45, 2.75) is 12.2 Å². The molecule has 0 aliphatic heterocycles. The fraction of sp³-hybridized carbons (Fsp3) is 0.600. The van der Waals surface area contributed by atoms with Crippen LogP contribution in [-0.2, 0) is 9.59 Å². The van der Waals surface area contributed by atoms with Crippen molar-refractivity contribution in [1.82, 2.24) is 0 Å². The highest BCUT2D eigenvalue weighted by molar-refractivity contribution is 8.01. The number of carbonyl (C=O) groups is 2. The van der Waals surface area contributed by atoms with Gasteiger partial charge in [0, 0.05) is 0 Å². The minimum atomic E-state index is -0.444. The van der Waals surface area contributed by atoms with E-state index in [-0.39, 0.29) is 0 Å². The zero-order valence-electron chi connectivity index (χ0n) is 4.66. The molecule has 0 N–H and O–H groups in total. The van der Waals surface area contributed by atoms with Gasteiger partial charge in [-0.3, -0.25) is 0 Å². The van der Waals surface area contributed by atoms with Crippen molar-refractivity contribution in [3.8, 4) is 0 Å². The minimum Gasteiger partial charge on any atom is -0.302 e. The smallest absolute Gasteiger partial charge is 0.140 e. The first-order valence-corrected chi connectivity index (χ1v) is 3.42. The lowest BCUT2D eigenvalue weighted by Gasteiger charge is -1.94. The summed E-state index contributed by atoms with van der Waals surface area (Å²) in [6, 6.07) is 0. The molecule has 0 aromatic heterocycles. The second-order valence-corrected chi connectivity index (χ2v) is 2.65. The van der Waals surface area contributed by atoms with Gasteiger partial charge in [-0.15, -0.1) is 11.8 Å². The van der Waals surface area contributed by atoms with Crippen LogP contribution >= 0.6 is 11.8 Å². The summed E-state index contributed by atoms with van der Waals surface area (Å²) in [6.07, 6.45) is 1.31. The maximum atomic E-state index is 9.87. The van der Waals surface area contributed by atoms with Crippen LogP contribution in [0.25, 0.3) is 0 Å². The minimum absolute atomic E-state index is 0.444. The Morgan fingerprint density at radius 3 is 2.12 bits per heavy atom. The lowest BCUT2D eigenvalue weighted by Crippen LogP contribution is -2.04. The van der Waals surface area contributed by atoms with Crippen molar-refractivity contribution in [1.29, 1.82) is 0 Å². The summed E-state index contributed by atoms with van der Waals surface area (Å²) in [4.78, 5) is 19.7. The largest absolute Gasteiger partial charge is 0.302 e. The highest BCUT2D eigenvalue weighted by Gasteiger charge is 2.01. The molecule has 0 atom stereocenters. The van der Waals surface area contributed by atoms with Crippen molar-refractivity contribution >= 4 is 24.3 Å². The van der Waals surface area contributed by atoms with E-state index in [4.69, 9.17) is 0 Å². The van der Waals surface area contributed by atoms with E-state index in [1.54, 1.807) is 0 Å². The van der Waals surface area contributed by atoms with Crippen LogP contribution in [0.5, 0.6) is 0 Å². The van der Waals surface area contributed by atoms with Crippen molar-refractivity contribution in [3.63, 3.8) is 0 Å². The summed E-state index contributed by atoms with van der Waals surface area (Å²) < 4.78 is 0. The van der Waals surface area contributed by atoms with Crippen LogP contribution in [-0.4, -0.2) is 23.6 Å². The third-order valence-electron chi connectivity index (χ3n) is 0.627. The Hall–Kier alpha value is -0.310. The quantitative estimate of drug-likeness (QED) is 0.413. The molecule has 0 bridgehead atoms. The Labute approximate surface area is 52.6 Å². The first-order valence-electron chi connectivity index (χ1n) is 2.37. The summed E-state index contributed by atoms with van der Waals surface area (Å²) in [6.45, 7) is 1.91. The Kier molecular flexibility index (Phi) is 4.65. The van der Waals surface area contributed by atoms with Crippen LogP contribution in [0.4, 0.5) is 0 Å². The maximum absolute atomic E-state index is 9.87. The normalized spacial score (nSPS) is 9.25. The van der Waals surface area contributed by atoms with E-state index in [2.05, 4.69) is 0 Å². The van der Waals surface area contributed by atoms with Gasteiger partial charge < -0.3 is 9.59 Å². The Bertz CT molecular complexity index is 74.5. The van der Waals surface area contributed by atoms with Gasteiger partial charge in [-0.1, -0.05) is 6.92 Å². The van der Waals surface area contributed by atoms with Crippen LogP contribution in [0.3, 0.4) is 0 Å². The number of thioether (sulfide) groups is 1. The fourth-order valence-corrected chi connectivity index (χ4v) is 0.845. The molecule has 0 fully saturated rings. The lowest BCUT2D eigenvalue weighted by molar-refractivity contribution is -0.113. The van der Waals surface area contributed by atoms with E-state index in [1.807, 2.05) is 6.92 Å². The molecule has 2 nitrogen and oxygen atoms in total. The molecular formula is C5H8O2S. The SMILES string of the molecule is CCSC(C=O)C=O. The Balaban J connectivity index is 3.35. The van der Waals surface area contributed by atoms with E-state index >= 15 is 0 Å². The predicted octanol–water partition coefficient (Wildman–Crippen LogP) is 0.506. The fourth-order valence-electron chi connectivity index (χ4n) is 0.303. The highest BCUT2D eigenvalue weighted by atomic mass is 32.2. The number of hydrogen-bond acceptors (Lipinski definition) is 3. The summed E-state index contributed by atoms with van der Waals surface area (Å²) in [5.74, 6) is 0.808. The molecule has 46 valence electrons. The third kappa shape index (κ3) is 2.80. The van der Waals surface area contributed by atoms with Crippen LogP contribution in [0.15, 0.2) is 0 Å². The molecule has 0 radical (unpaired) electrons. The van der Waals surface area contributed by atoms with Crippen molar-refractivity contribution < 1.29 is 9.59 Å². The monoisotopic (exact) mass is 132 g/mol. The van der Waals surface area contributed by atoms with Crippen LogP contribution in [0.1, 0.15) is 6.92 Å². The van der Waals surface area contributed by atoms with Gasteiger partial charge in [0.25, 0.3) is 0 Å². The summed E-state index contributed by atoms with van der Waals surface area (Å²) in [7, 11) is 0. The molecule has 0 aromatic rings. The molecule has 0 spiro atoms. The standard InChI is InChI=1S/C5H8O2S/c1-2-8-5(3-6)4-7/h3-5H,2H2,1H3. The van der Waals surface area contributed by atoms with E-state index in [9.17, 15) is 9.59 Å². The van der Waals surface area contributed by atoms with Gasteiger partial charge in [-0.25, -0.2) is 0 Å². The summed E-state index contributed by atoms with van der Waals surface area (Å²) in [5.41, 5.74) is 0. The van der Waals surface area contributed by atoms with Gasteiger partial charge in [0.2, 0.25) is 0 Å². The zero-order valence-corrected chi connectivity index (χ0v) is 5.48. The second kappa shape index (κ2) is 4.84. The van der Waals surface area contributed by atoms with Gasteiger partial charge in [-0.05, 0) is 5.75 Å². The molecular weight excluding hydrogens is 124 g/mol. The summed E-state index contributed by atoms with van der Waals surface area (Å²) >= 11 is 1.34. The molecule has 3 heteroatoms. The molecule has 0 unspecified atom stereocenters. The average molecular weight is 132 g/mol. The highest BCUT2D eigenvalue weighted by Crippen LogP contribution is 2.03.